The summed E-state index contributed by atoms with van der Waals surface area (Å²) in [6.07, 6.45) is 0. The molecule has 2 aromatic carbocycles. The standard InChI is InChI=1S/C14H12N2O/c1-9-12-8-10(6-7-13(12)16-15-9)11-4-2-3-5-14(11)17/h2-8,17H,1H3,(H,15,16). The van der Waals surface area contributed by atoms with Gasteiger partial charge < -0.3 is 5.11 Å². The Labute approximate surface area is 98.7 Å². The normalized spacial score (nSPS) is 10.9. The predicted molar refractivity (Wildman–Crippen MR) is 67.9 cm³/mol. The van der Waals surface area contributed by atoms with E-state index in [0.29, 0.717) is 5.75 Å². The first-order valence-electron chi connectivity index (χ1n) is 5.49. The van der Waals surface area contributed by atoms with Crippen LogP contribution < -0.4 is 0 Å². The minimum atomic E-state index is 0.299. The zero-order valence-electron chi connectivity index (χ0n) is 9.44. The topological polar surface area (TPSA) is 48.9 Å². The number of fused-ring (bicyclic) bond motifs is 1. The maximum Gasteiger partial charge on any atom is 0.123 e. The Bertz CT molecular complexity index is 686. The molecule has 3 rings (SSSR count). The maximum absolute atomic E-state index is 9.83. The first-order valence-corrected chi connectivity index (χ1v) is 5.49. The van der Waals surface area contributed by atoms with Gasteiger partial charge in [0.15, 0.2) is 0 Å². The number of para-hydroxylation sites is 1. The summed E-state index contributed by atoms with van der Waals surface area (Å²) in [4.78, 5) is 0. The molecule has 0 aliphatic carbocycles. The second kappa shape index (κ2) is 3.63. The first-order chi connectivity index (χ1) is 8.25. The van der Waals surface area contributed by atoms with Crippen LogP contribution in [-0.2, 0) is 0 Å². The fraction of sp³-hybridized carbons (Fsp3) is 0.0714. The molecule has 1 aromatic heterocycles. The van der Waals surface area contributed by atoms with Crippen LogP contribution in [0.1, 0.15) is 5.69 Å². The minimum absolute atomic E-state index is 0.299. The number of phenolic OH excluding ortho intramolecular Hbond substituents is 1. The van der Waals surface area contributed by atoms with Gasteiger partial charge in [-0.2, -0.15) is 5.10 Å². The van der Waals surface area contributed by atoms with Gasteiger partial charge in [0.25, 0.3) is 0 Å². The van der Waals surface area contributed by atoms with Crippen molar-refractivity contribution in [1.29, 1.82) is 0 Å². The summed E-state index contributed by atoms with van der Waals surface area (Å²) in [5.41, 5.74) is 3.83. The van der Waals surface area contributed by atoms with Crippen molar-refractivity contribution in [2.45, 2.75) is 6.92 Å². The minimum Gasteiger partial charge on any atom is -0.507 e. The summed E-state index contributed by atoms with van der Waals surface area (Å²) in [6, 6.07) is 13.3. The SMILES string of the molecule is Cc1[nH]nc2ccc(-c3ccccc3O)cc12. The molecule has 0 saturated carbocycles. The average molecular weight is 224 g/mol. The van der Waals surface area contributed by atoms with Crippen molar-refractivity contribution in [3.8, 4) is 16.9 Å². The van der Waals surface area contributed by atoms with Gasteiger partial charge in [-0.1, -0.05) is 24.3 Å². The van der Waals surface area contributed by atoms with Crippen molar-refractivity contribution >= 4 is 10.9 Å². The van der Waals surface area contributed by atoms with Gasteiger partial charge in [0, 0.05) is 16.6 Å². The van der Waals surface area contributed by atoms with Crippen molar-refractivity contribution < 1.29 is 5.11 Å². The molecule has 2 N–H and O–H groups in total. The molecule has 3 nitrogen and oxygen atoms in total. The lowest BCUT2D eigenvalue weighted by Crippen LogP contribution is -1.79. The Morgan fingerprint density at radius 1 is 1.12 bits per heavy atom. The highest BCUT2D eigenvalue weighted by Crippen LogP contribution is 2.31. The summed E-state index contributed by atoms with van der Waals surface area (Å²) < 4.78 is 0. The molecule has 84 valence electrons. The fourth-order valence-electron chi connectivity index (χ4n) is 2.02. The van der Waals surface area contributed by atoms with Crippen molar-refractivity contribution in [1.82, 2.24) is 10.2 Å². The third-order valence-electron chi connectivity index (χ3n) is 2.96. The number of aromatic hydroxyl groups is 1. The molecule has 0 amide bonds. The Kier molecular flexibility index (Phi) is 2.11. The van der Waals surface area contributed by atoms with E-state index in [4.69, 9.17) is 0 Å². The van der Waals surface area contributed by atoms with Crippen LogP contribution in [0.5, 0.6) is 5.75 Å². The number of hydrogen-bond acceptors (Lipinski definition) is 2. The van der Waals surface area contributed by atoms with E-state index in [9.17, 15) is 5.11 Å². The lowest BCUT2D eigenvalue weighted by Gasteiger charge is -2.04. The molecule has 3 heteroatoms. The highest BCUT2D eigenvalue weighted by Gasteiger charge is 2.06. The molecule has 0 saturated heterocycles. The van der Waals surface area contributed by atoms with Crippen LogP contribution in [-0.4, -0.2) is 15.3 Å². The molecular formula is C14H12N2O. The van der Waals surface area contributed by atoms with Crippen LogP contribution in [0.15, 0.2) is 42.5 Å². The van der Waals surface area contributed by atoms with Crippen LogP contribution >= 0.6 is 0 Å². The van der Waals surface area contributed by atoms with E-state index in [0.717, 1.165) is 27.7 Å². The number of nitrogens with zero attached hydrogens (tertiary/aromatic N) is 1. The second-order valence-corrected chi connectivity index (χ2v) is 4.10. The van der Waals surface area contributed by atoms with Gasteiger partial charge in [0.05, 0.1) is 5.52 Å². The average Bonchev–Trinajstić information content (AvgIpc) is 2.71. The molecule has 0 bridgehead atoms. The predicted octanol–water partition coefficient (Wildman–Crippen LogP) is 3.24. The van der Waals surface area contributed by atoms with Crippen molar-refractivity contribution in [3.05, 3.63) is 48.2 Å². The molecule has 0 fully saturated rings. The highest BCUT2D eigenvalue weighted by atomic mass is 16.3. The van der Waals surface area contributed by atoms with E-state index >= 15 is 0 Å². The van der Waals surface area contributed by atoms with Gasteiger partial charge in [0.2, 0.25) is 0 Å². The lowest BCUT2D eigenvalue weighted by molar-refractivity contribution is 0.477. The molecule has 17 heavy (non-hydrogen) atoms. The van der Waals surface area contributed by atoms with Gasteiger partial charge in [-0.25, -0.2) is 0 Å². The zero-order valence-corrected chi connectivity index (χ0v) is 9.44. The third-order valence-corrected chi connectivity index (χ3v) is 2.96. The third kappa shape index (κ3) is 1.56. The molecule has 0 atom stereocenters. The summed E-state index contributed by atoms with van der Waals surface area (Å²) in [7, 11) is 0. The smallest absolute Gasteiger partial charge is 0.123 e. The van der Waals surface area contributed by atoms with E-state index in [1.807, 2.05) is 43.3 Å². The molecule has 0 aliphatic heterocycles. The van der Waals surface area contributed by atoms with E-state index in [-0.39, 0.29) is 0 Å². The van der Waals surface area contributed by atoms with Gasteiger partial charge in [-0.05, 0) is 30.7 Å². The van der Waals surface area contributed by atoms with E-state index in [1.54, 1.807) is 6.07 Å². The van der Waals surface area contributed by atoms with E-state index in [2.05, 4.69) is 10.2 Å². The van der Waals surface area contributed by atoms with Crippen LogP contribution in [0.2, 0.25) is 0 Å². The Morgan fingerprint density at radius 3 is 2.76 bits per heavy atom. The zero-order chi connectivity index (χ0) is 11.8. The summed E-state index contributed by atoms with van der Waals surface area (Å²) in [6.45, 7) is 1.99. The van der Waals surface area contributed by atoms with Crippen molar-refractivity contribution in [2.75, 3.05) is 0 Å². The van der Waals surface area contributed by atoms with E-state index in [1.165, 1.54) is 0 Å². The number of aromatic nitrogens is 2. The number of hydrogen-bond donors (Lipinski definition) is 2. The largest absolute Gasteiger partial charge is 0.507 e. The van der Waals surface area contributed by atoms with Crippen molar-refractivity contribution in [2.24, 2.45) is 0 Å². The number of H-pyrrole nitrogens is 1. The monoisotopic (exact) mass is 224 g/mol. The highest BCUT2D eigenvalue weighted by molar-refractivity contribution is 5.87. The Hall–Kier alpha value is -2.29. The lowest BCUT2D eigenvalue weighted by atomic mass is 10.0. The molecule has 0 radical (unpaired) electrons. The number of rotatable bonds is 1. The van der Waals surface area contributed by atoms with Crippen LogP contribution in [0, 0.1) is 6.92 Å². The van der Waals surface area contributed by atoms with Crippen LogP contribution in [0.3, 0.4) is 0 Å². The fourth-order valence-corrected chi connectivity index (χ4v) is 2.02. The number of benzene rings is 2. The Morgan fingerprint density at radius 2 is 1.94 bits per heavy atom. The quantitative estimate of drug-likeness (QED) is 0.666. The van der Waals surface area contributed by atoms with Gasteiger partial charge in [-0.15, -0.1) is 0 Å². The number of phenols is 1. The first kappa shape index (κ1) is 9.90. The van der Waals surface area contributed by atoms with Gasteiger partial charge in [-0.3, -0.25) is 5.10 Å². The molecule has 0 aliphatic rings. The number of aryl methyl sites for hydroxylation is 1. The maximum atomic E-state index is 9.83. The molecular weight excluding hydrogens is 212 g/mol. The summed E-state index contributed by atoms with van der Waals surface area (Å²) in [5, 5.41) is 18.1. The summed E-state index contributed by atoms with van der Waals surface area (Å²) >= 11 is 0. The molecule has 0 unspecified atom stereocenters. The molecule has 0 spiro atoms. The second-order valence-electron chi connectivity index (χ2n) is 4.10. The molecule has 3 aromatic rings. The van der Waals surface area contributed by atoms with Gasteiger partial charge >= 0.3 is 0 Å². The van der Waals surface area contributed by atoms with Crippen molar-refractivity contribution in [3.63, 3.8) is 0 Å². The number of aromatic amines is 1. The number of nitrogens with one attached hydrogen (secondary N) is 1. The molecule has 1 heterocycles. The van der Waals surface area contributed by atoms with Gasteiger partial charge in [0.1, 0.15) is 5.75 Å². The van der Waals surface area contributed by atoms with Crippen LogP contribution in [0.4, 0.5) is 0 Å². The van der Waals surface area contributed by atoms with Crippen LogP contribution in [0.25, 0.3) is 22.0 Å². The van der Waals surface area contributed by atoms with E-state index < -0.39 is 0 Å². The summed E-state index contributed by atoms with van der Waals surface area (Å²) in [5.74, 6) is 0.299. The Balaban J connectivity index is 2.24.